The van der Waals surface area contributed by atoms with Gasteiger partial charge in [-0.1, -0.05) is 18.2 Å². The summed E-state index contributed by atoms with van der Waals surface area (Å²) in [4.78, 5) is 4.35. The van der Waals surface area contributed by atoms with Crippen LogP contribution in [0.3, 0.4) is 0 Å². The molecule has 1 aromatic heterocycles. The third-order valence-corrected chi connectivity index (χ3v) is 3.75. The van der Waals surface area contributed by atoms with Gasteiger partial charge in [0.25, 0.3) is 0 Å². The number of imidazole rings is 1. The zero-order valence-electron chi connectivity index (χ0n) is 12.3. The van der Waals surface area contributed by atoms with E-state index in [-0.39, 0.29) is 6.79 Å². The van der Waals surface area contributed by atoms with Crippen LogP contribution in [0.5, 0.6) is 11.5 Å². The zero-order chi connectivity index (χ0) is 15.6. The number of aromatic nitrogens is 2. The summed E-state index contributed by atoms with van der Waals surface area (Å²) in [6, 6.07) is 15.8. The molecule has 23 heavy (non-hydrogen) atoms. The van der Waals surface area contributed by atoms with Crippen molar-refractivity contribution in [1.82, 2.24) is 9.55 Å². The highest BCUT2D eigenvalue weighted by Crippen LogP contribution is 2.33. The molecule has 0 bridgehead atoms. The molecule has 5 nitrogen and oxygen atoms in total. The largest absolute Gasteiger partial charge is 0.454 e. The SMILES string of the molecule is N#C/C(=C/c1ccc2c(c1)OCO2)Cn1cnc2ccccc21. The van der Waals surface area contributed by atoms with Gasteiger partial charge in [0.05, 0.1) is 30.0 Å². The summed E-state index contributed by atoms with van der Waals surface area (Å²) >= 11 is 0. The Morgan fingerprint density at radius 2 is 2.09 bits per heavy atom. The number of hydrogen-bond acceptors (Lipinski definition) is 4. The first kappa shape index (κ1) is 13.4. The first-order chi connectivity index (χ1) is 11.3. The predicted molar refractivity (Wildman–Crippen MR) is 85.9 cm³/mol. The van der Waals surface area contributed by atoms with Crippen molar-refractivity contribution in [1.29, 1.82) is 5.26 Å². The van der Waals surface area contributed by atoms with Gasteiger partial charge in [-0.25, -0.2) is 4.98 Å². The molecule has 0 radical (unpaired) electrons. The van der Waals surface area contributed by atoms with Crippen molar-refractivity contribution in [3.8, 4) is 17.6 Å². The number of rotatable bonds is 3. The second-order valence-corrected chi connectivity index (χ2v) is 5.26. The van der Waals surface area contributed by atoms with E-state index in [1.807, 2.05) is 53.1 Å². The molecule has 1 aliphatic rings. The molecule has 0 spiro atoms. The number of ether oxygens (including phenoxy) is 2. The van der Waals surface area contributed by atoms with Gasteiger partial charge in [-0.3, -0.25) is 0 Å². The molecule has 112 valence electrons. The van der Waals surface area contributed by atoms with Crippen molar-refractivity contribution in [2.24, 2.45) is 0 Å². The Bertz CT molecular complexity index is 950. The maximum absolute atomic E-state index is 9.44. The lowest BCUT2D eigenvalue weighted by Crippen LogP contribution is -1.98. The summed E-state index contributed by atoms with van der Waals surface area (Å²) in [6.07, 6.45) is 3.62. The van der Waals surface area contributed by atoms with Crippen molar-refractivity contribution >= 4 is 17.1 Å². The minimum Gasteiger partial charge on any atom is -0.454 e. The summed E-state index contributed by atoms with van der Waals surface area (Å²) in [6.45, 7) is 0.722. The highest BCUT2D eigenvalue weighted by molar-refractivity contribution is 5.75. The van der Waals surface area contributed by atoms with Crippen LogP contribution in [0.15, 0.2) is 54.4 Å². The smallest absolute Gasteiger partial charge is 0.231 e. The minimum atomic E-state index is 0.245. The molecule has 0 atom stereocenters. The molecule has 0 fully saturated rings. The van der Waals surface area contributed by atoms with E-state index >= 15 is 0 Å². The molecule has 0 saturated heterocycles. The normalized spacial score (nSPS) is 13.3. The first-order valence-corrected chi connectivity index (χ1v) is 7.24. The molecule has 3 aromatic rings. The van der Waals surface area contributed by atoms with E-state index in [9.17, 15) is 5.26 Å². The van der Waals surface area contributed by atoms with E-state index in [4.69, 9.17) is 9.47 Å². The molecular formula is C18H13N3O2. The third kappa shape index (κ3) is 2.51. The summed E-state index contributed by atoms with van der Waals surface area (Å²) < 4.78 is 12.6. The number of hydrogen-bond donors (Lipinski definition) is 0. The maximum Gasteiger partial charge on any atom is 0.231 e. The quantitative estimate of drug-likeness (QED) is 0.696. The highest BCUT2D eigenvalue weighted by atomic mass is 16.7. The molecule has 0 unspecified atom stereocenters. The molecule has 2 aromatic carbocycles. The monoisotopic (exact) mass is 303 g/mol. The van der Waals surface area contributed by atoms with Gasteiger partial charge in [0.2, 0.25) is 6.79 Å². The summed E-state index contributed by atoms with van der Waals surface area (Å²) in [7, 11) is 0. The number of allylic oxidation sites excluding steroid dienone is 1. The van der Waals surface area contributed by atoms with Gasteiger partial charge in [-0.15, -0.1) is 0 Å². The molecule has 0 amide bonds. The van der Waals surface area contributed by atoms with Crippen molar-refractivity contribution in [3.05, 3.63) is 59.9 Å². The molecule has 1 aliphatic heterocycles. The highest BCUT2D eigenvalue weighted by Gasteiger charge is 2.13. The minimum absolute atomic E-state index is 0.245. The summed E-state index contributed by atoms with van der Waals surface area (Å²) in [5.41, 5.74) is 3.49. The number of nitriles is 1. The molecule has 4 rings (SSSR count). The molecule has 2 heterocycles. The van der Waals surface area contributed by atoms with Crippen molar-refractivity contribution < 1.29 is 9.47 Å². The Morgan fingerprint density at radius 1 is 1.22 bits per heavy atom. The average molecular weight is 303 g/mol. The van der Waals surface area contributed by atoms with Gasteiger partial charge >= 0.3 is 0 Å². The number of para-hydroxylation sites is 2. The van der Waals surface area contributed by atoms with Crippen LogP contribution in [0.4, 0.5) is 0 Å². The van der Waals surface area contributed by atoms with Gasteiger partial charge < -0.3 is 14.0 Å². The summed E-state index contributed by atoms with van der Waals surface area (Å²) in [5.74, 6) is 1.45. The van der Waals surface area contributed by atoms with E-state index in [0.29, 0.717) is 17.9 Å². The zero-order valence-corrected chi connectivity index (χ0v) is 12.3. The van der Waals surface area contributed by atoms with Crippen molar-refractivity contribution in [2.45, 2.75) is 6.54 Å². The lowest BCUT2D eigenvalue weighted by molar-refractivity contribution is 0.174. The fourth-order valence-corrected chi connectivity index (χ4v) is 2.64. The Balaban J connectivity index is 1.65. The number of benzene rings is 2. The topological polar surface area (TPSA) is 60.1 Å². The van der Waals surface area contributed by atoms with Gasteiger partial charge in [0.15, 0.2) is 11.5 Å². The van der Waals surface area contributed by atoms with E-state index < -0.39 is 0 Å². The molecule has 0 aliphatic carbocycles. The van der Waals surface area contributed by atoms with E-state index in [1.165, 1.54) is 0 Å². The van der Waals surface area contributed by atoms with E-state index in [0.717, 1.165) is 22.3 Å². The Labute approximate surface area is 133 Å². The predicted octanol–water partition coefficient (Wildman–Crippen LogP) is 3.37. The first-order valence-electron chi connectivity index (χ1n) is 7.24. The van der Waals surface area contributed by atoms with Crippen LogP contribution >= 0.6 is 0 Å². The second kappa shape index (κ2) is 5.50. The molecular weight excluding hydrogens is 290 g/mol. The van der Waals surface area contributed by atoms with Crippen LogP contribution in [-0.4, -0.2) is 16.3 Å². The van der Waals surface area contributed by atoms with E-state index in [1.54, 1.807) is 6.33 Å². The van der Waals surface area contributed by atoms with Crippen LogP contribution in [0.2, 0.25) is 0 Å². The molecule has 5 heteroatoms. The average Bonchev–Trinajstić information content (AvgIpc) is 3.21. The van der Waals surface area contributed by atoms with Crippen LogP contribution in [0.25, 0.3) is 17.1 Å². The molecule has 0 N–H and O–H groups in total. The van der Waals surface area contributed by atoms with Gasteiger partial charge in [-0.2, -0.15) is 5.26 Å². The lowest BCUT2D eigenvalue weighted by atomic mass is 10.1. The number of nitrogens with zero attached hydrogens (tertiary/aromatic N) is 3. The van der Waals surface area contributed by atoms with Crippen molar-refractivity contribution in [2.75, 3.05) is 6.79 Å². The standard InChI is InChI=1S/C18H13N3O2/c19-9-14(7-13-5-6-17-18(8-13)23-12-22-17)10-21-11-20-15-3-1-2-4-16(15)21/h1-8,11H,10,12H2/b14-7-. The van der Waals surface area contributed by atoms with Gasteiger partial charge in [0.1, 0.15) is 0 Å². The Hall–Kier alpha value is -3.26. The maximum atomic E-state index is 9.44. The fraction of sp³-hybridized carbons (Fsp3) is 0.111. The Morgan fingerprint density at radius 3 is 3.00 bits per heavy atom. The van der Waals surface area contributed by atoms with Gasteiger partial charge in [0, 0.05) is 5.57 Å². The fourth-order valence-electron chi connectivity index (χ4n) is 2.64. The Kier molecular flexibility index (Phi) is 3.21. The molecule has 0 saturated carbocycles. The van der Waals surface area contributed by atoms with Crippen LogP contribution in [0, 0.1) is 11.3 Å². The third-order valence-electron chi connectivity index (χ3n) is 3.75. The summed E-state index contributed by atoms with van der Waals surface area (Å²) in [5, 5.41) is 9.44. The van der Waals surface area contributed by atoms with Crippen molar-refractivity contribution in [3.63, 3.8) is 0 Å². The lowest BCUT2D eigenvalue weighted by Gasteiger charge is -2.04. The second-order valence-electron chi connectivity index (χ2n) is 5.26. The van der Waals surface area contributed by atoms with Crippen LogP contribution in [-0.2, 0) is 6.54 Å². The van der Waals surface area contributed by atoms with Crippen LogP contribution < -0.4 is 9.47 Å². The van der Waals surface area contributed by atoms with Crippen LogP contribution in [0.1, 0.15) is 5.56 Å². The van der Waals surface area contributed by atoms with E-state index in [2.05, 4.69) is 11.1 Å². The van der Waals surface area contributed by atoms with Gasteiger partial charge in [-0.05, 0) is 35.9 Å². The number of fused-ring (bicyclic) bond motifs is 2.